The van der Waals surface area contributed by atoms with E-state index in [0.29, 0.717) is 24.3 Å². The highest BCUT2D eigenvalue weighted by Gasteiger charge is 2.73. The third-order valence-corrected chi connectivity index (χ3v) is 9.93. The molecule has 42 heavy (non-hydrogen) atoms. The van der Waals surface area contributed by atoms with Crippen molar-refractivity contribution in [2.75, 3.05) is 0 Å². The molecule has 0 saturated heterocycles. The molecule has 0 heterocycles. The van der Waals surface area contributed by atoms with Gasteiger partial charge in [-0.15, -0.1) is 0 Å². The van der Waals surface area contributed by atoms with Crippen molar-refractivity contribution in [3.63, 3.8) is 0 Å². The predicted octanol–water partition coefficient (Wildman–Crippen LogP) is 7.45. The summed E-state index contributed by atoms with van der Waals surface area (Å²) in [4.78, 5) is 11.6. The smallest absolute Gasteiger partial charge is 0.349 e. The summed E-state index contributed by atoms with van der Waals surface area (Å²) in [6.07, 6.45) is -13.5. The van der Waals surface area contributed by atoms with Crippen LogP contribution in [0, 0.1) is 17.5 Å². The van der Waals surface area contributed by atoms with E-state index >= 15 is 0 Å². The Morgan fingerprint density at radius 2 is 1.24 bits per heavy atom. The van der Waals surface area contributed by atoms with E-state index in [9.17, 15) is 52.7 Å². The molecule has 0 bridgehead atoms. The van der Waals surface area contributed by atoms with Crippen LogP contribution in [0.4, 0.5) is 39.5 Å². The molecule has 1 aliphatic carbocycles. The number of rotatable bonds is 7. The van der Waals surface area contributed by atoms with E-state index in [4.69, 9.17) is 0 Å². The Kier molecular flexibility index (Phi) is 8.28. The lowest BCUT2D eigenvalue weighted by atomic mass is 9.81. The number of ketones is 1. The van der Waals surface area contributed by atoms with Crippen molar-refractivity contribution in [2.45, 2.75) is 59.9 Å². The minimum atomic E-state index is -6.19. The first kappa shape index (κ1) is 31.5. The number of carbonyl (C=O) groups excluding carboxylic acids is 1. The van der Waals surface area contributed by atoms with Crippen LogP contribution in [0.15, 0.2) is 71.6 Å². The number of carbonyl (C=O) groups is 1. The number of hydrogen-bond donors (Lipinski definition) is 0. The van der Waals surface area contributed by atoms with E-state index in [1.807, 2.05) is 0 Å². The largest absolute Gasteiger partial charge is 0.430 e. The number of benzene rings is 3. The monoisotopic (exact) mass is 624 g/mol. The van der Waals surface area contributed by atoms with Crippen molar-refractivity contribution in [2.24, 2.45) is 0 Å². The zero-order valence-electron chi connectivity index (χ0n) is 21.3. The number of halogens is 9. The molecule has 0 aromatic heterocycles. The normalized spacial score (nSPS) is 16.5. The van der Waals surface area contributed by atoms with Gasteiger partial charge in [0, 0.05) is 24.0 Å². The zero-order chi connectivity index (χ0) is 31.1. The molecule has 0 amide bonds. The topological polar surface area (TPSA) is 60.4 Å². The first-order valence-electron chi connectivity index (χ1n) is 12.3. The summed E-state index contributed by atoms with van der Waals surface area (Å²) in [6, 6.07) is 8.07. The minimum Gasteiger partial charge on any atom is -0.349 e. The lowest BCUT2D eigenvalue weighted by molar-refractivity contribution is -0.392. The van der Waals surface area contributed by atoms with Crippen LogP contribution in [0.5, 0.6) is 0 Å². The summed E-state index contributed by atoms with van der Waals surface area (Å²) < 4.78 is 157. The fourth-order valence-corrected chi connectivity index (χ4v) is 7.21. The van der Waals surface area contributed by atoms with Crippen LogP contribution in [0.25, 0.3) is 0 Å². The molecule has 4 nitrogen and oxygen atoms in total. The molecular weight excluding hydrogens is 603 g/mol. The Balaban J connectivity index is 1.84. The van der Waals surface area contributed by atoms with Gasteiger partial charge in [0.1, 0.15) is 28.0 Å². The minimum absolute atomic E-state index is 0.207. The number of sulfone groups is 1. The number of Topliss-reactive ketones (excluding diaryl/α,β-unsaturated/α-hetero) is 1. The second-order valence-corrected chi connectivity index (χ2v) is 12.0. The van der Waals surface area contributed by atoms with Crippen molar-refractivity contribution in [3.8, 4) is 0 Å². The Morgan fingerprint density at radius 1 is 0.738 bits per heavy atom. The fourth-order valence-electron chi connectivity index (χ4n) is 5.08. The van der Waals surface area contributed by atoms with Gasteiger partial charge in [-0.3, -0.25) is 4.79 Å². The Morgan fingerprint density at radius 3 is 1.71 bits per heavy atom. The molecule has 3 aromatic rings. The first-order valence-corrected chi connectivity index (χ1v) is 13.8. The summed E-state index contributed by atoms with van der Waals surface area (Å²) in [5.74, 6) is -3.90. The maximum Gasteiger partial charge on any atom is 0.430 e. The van der Waals surface area contributed by atoms with Gasteiger partial charge in [0.25, 0.3) is 5.60 Å². The molecule has 1 saturated carbocycles. The Hall–Kier alpha value is -3.39. The fraction of sp³-hybridized carbons (Fsp3) is 0.321. The van der Waals surface area contributed by atoms with Crippen LogP contribution in [0.1, 0.15) is 42.4 Å². The van der Waals surface area contributed by atoms with Gasteiger partial charge in [-0.25, -0.2) is 21.6 Å². The summed E-state index contributed by atoms with van der Waals surface area (Å²) in [5.41, 5.74) is -7.95. The Bertz CT molecular complexity index is 1520. The lowest BCUT2D eigenvalue weighted by Crippen LogP contribution is -2.56. The highest BCUT2D eigenvalue weighted by atomic mass is 32.2. The van der Waals surface area contributed by atoms with Crippen molar-refractivity contribution in [1.82, 2.24) is 0 Å². The lowest BCUT2D eigenvalue weighted by Gasteiger charge is -2.39. The molecule has 1 aliphatic rings. The molecular formula is C28H21F9O4S. The van der Waals surface area contributed by atoms with Crippen LogP contribution in [-0.2, 0) is 36.3 Å². The van der Waals surface area contributed by atoms with Gasteiger partial charge in [-0.05, 0) is 54.8 Å². The predicted molar refractivity (Wildman–Crippen MR) is 130 cm³/mol. The van der Waals surface area contributed by atoms with Crippen LogP contribution >= 0.6 is 0 Å². The van der Waals surface area contributed by atoms with Gasteiger partial charge in [-0.2, -0.15) is 26.3 Å². The molecule has 4 rings (SSSR count). The van der Waals surface area contributed by atoms with Crippen LogP contribution in [0.2, 0.25) is 0 Å². The molecule has 0 spiro atoms. The molecule has 1 fully saturated rings. The van der Waals surface area contributed by atoms with Gasteiger partial charge >= 0.3 is 12.4 Å². The third kappa shape index (κ3) is 5.30. The van der Waals surface area contributed by atoms with Gasteiger partial charge in [-0.1, -0.05) is 30.3 Å². The van der Waals surface area contributed by atoms with Crippen LogP contribution in [-0.4, -0.2) is 26.6 Å². The summed E-state index contributed by atoms with van der Waals surface area (Å²) in [6.45, 7) is -1.75. The quantitative estimate of drug-likeness (QED) is 0.202. The van der Waals surface area contributed by atoms with Gasteiger partial charge in [0.15, 0.2) is 9.84 Å². The zero-order valence-corrected chi connectivity index (χ0v) is 22.1. The van der Waals surface area contributed by atoms with E-state index in [0.717, 1.165) is 42.5 Å². The van der Waals surface area contributed by atoms with Crippen molar-refractivity contribution in [3.05, 3.63) is 101 Å². The van der Waals surface area contributed by atoms with E-state index in [2.05, 4.69) is 4.74 Å². The van der Waals surface area contributed by atoms with Crippen molar-refractivity contribution >= 4 is 15.6 Å². The number of ether oxygens (including phenoxy) is 1. The molecule has 0 N–H and O–H groups in total. The maximum atomic E-state index is 14.3. The molecule has 0 unspecified atom stereocenters. The second-order valence-electron chi connectivity index (χ2n) is 9.73. The molecule has 0 aliphatic heterocycles. The highest BCUT2D eigenvalue weighted by molar-refractivity contribution is 7.92. The van der Waals surface area contributed by atoms with Crippen LogP contribution in [0.3, 0.4) is 0 Å². The van der Waals surface area contributed by atoms with Gasteiger partial charge < -0.3 is 4.74 Å². The average molecular weight is 625 g/mol. The second kappa shape index (κ2) is 11.0. The highest BCUT2D eigenvalue weighted by Crippen LogP contribution is 2.54. The van der Waals surface area contributed by atoms with Crippen LogP contribution < -0.4 is 0 Å². The summed E-state index contributed by atoms with van der Waals surface area (Å²) >= 11 is 0. The summed E-state index contributed by atoms with van der Waals surface area (Å²) in [5, 5.41) is 0. The summed E-state index contributed by atoms with van der Waals surface area (Å²) in [7, 11) is -4.46. The van der Waals surface area contributed by atoms with E-state index in [1.54, 1.807) is 0 Å². The standard InChI is InChI=1S/C28H21F9O4S/c29-19-8-10-21(11-9-19)42(39,40)25(14-12-20(38)13-15-25)17-4-6-18(7-5-17)26(27(32,33)34,28(35,36)37)41-16-22-23(30)2-1-3-24(22)31/h1-11H,12-16H2. The average Bonchev–Trinajstić information content (AvgIpc) is 2.90. The molecule has 14 heteroatoms. The molecule has 0 radical (unpaired) electrons. The van der Waals surface area contributed by atoms with Crippen molar-refractivity contribution in [1.29, 1.82) is 0 Å². The van der Waals surface area contributed by atoms with Gasteiger partial charge in [0.2, 0.25) is 0 Å². The third-order valence-electron chi connectivity index (χ3n) is 7.36. The number of hydrogen-bond acceptors (Lipinski definition) is 4. The Labute approximate surface area is 234 Å². The van der Waals surface area contributed by atoms with E-state index < -0.39 is 67.7 Å². The SMILES string of the molecule is O=C1CCC(c2ccc(C(OCc3c(F)cccc3F)(C(F)(F)F)C(F)(F)F)cc2)(S(=O)(=O)c2ccc(F)cc2)CC1. The molecule has 3 aromatic carbocycles. The molecule has 0 atom stereocenters. The van der Waals surface area contributed by atoms with E-state index in [1.165, 1.54) is 0 Å². The van der Waals surface area contributed by atoms with Crippen molar-refractivity contribution < 1.29 is 57.5 Å². The first-order chi connectivity index (χ1) is 19.5. The number of alkyl halides is 6. The molecule has 226 valence electrons. The van der Waals surface area contributed by atoms with E-state index in [-0.39, 0.29) is 41.9 Å². The maximum absolute atomic E-state index is 14.3. The van der Waals surface area contributed by atoms with Gasteiger partial charge in [0.05, 0.1) is 11.5 Å².